The van der Waals surface area contributed by atoms with Gasteiger partial charge in [0, 0.05) is 24.3 Å². The number of imidazole rings is 1. The van der Waals surface area contributed by atoms with Crippen molar-refractivity contribution in [2.45, 2.75) is 45.1 Å². The van der Waals surface area contributed by atoms with Gasteiger partial charge in [0.05, 0.1) is 11.8 Å². The molecule has 0 aliphatic heterocycles. The number of amides is 1. The zero-order valence-corrected chi connectivity index (χ0v) is 16.8. The fraction of sp³-hybridized carbons (Fsp3) is 0.348. The summed E-state index contributed by atoms with van der Waals surface area (Å²) >= 11 is 0. The van der Waals surface area contributed by atoms with E-state index < -0.39 is 17.4 Å². The Balaban J connectivity index is 1.61. The quantitative estimate of drug-likeness (QED) is 0.575. The Bertz CT molecular complexity index is 1100. The zero-order chi connectivity index (χ0) is 21.3. The van der Waals surface area contributed by atoms with Gasteiger partial charge in [-0.2, -0.15) is 0 Å². The second-order valence-electron chi connectivity index (χ2n) is 7.63. The monoisotopic (exact) mass is 411 g/mol. The topological polar surface area (TPSA) is 54.7 Å². The van der Waals surface area contributed by atoms with E-state index in [1.807, 2.05) is 6.92 Å². The van der Waals surface area contributed by atoms with Crippen molar-refractivity contribution in [3.05, 3.63) is 71.2 Å². The minimum Gasteiger partial charge on any atom is -0.336 e. The number of carbonyl (C=O) groups is 2. The van der Waals surface area contributed by atoms with E-state index >= 15 is 0 Å². The highest BCUT2D eigenvalue weighted by atomic mass is 19.1. The highest BCUT2D eigenvalue weighted by Gasteiger charge is 2.26. The van der Waals surface area contributed by atoms with Crippen molar-refractivity contribution < 1.29 is 18.4 Å². The molecule has 0 spiro atoms. The Labute approximate surface area is 173 Å². The number of hydrogen-bond donors (Lipinski definition) is 0. The number of rotatable bonds is 5. The van der Waals surface area contributed by atoms with Crippen LogP contribution in [0.5, 0.6) is 0 Å². The maximum Gasteiger partial charge on any atom is 0.254 e. The van der Waals surface area contributed by atoms with Crippen molar-refractivity contribution in [3.8, 4) is 0 Å². The number of pyridine rings is 1. The van der Waals surface area contributed by atoms with Crippen LogP contribution >= 0.6 is 0 Å². The van der Waals surface area contributed by atoms with Gasteiger partial charge in [-0.15, -0.1) is 0 Å². The molecule has 0 radical (unpaired) electrons. The van der Waals surface area contributed by atoms with Crippen LogP contribution in [0.3, 0.4) is 0 Å². The highest BCUT2D eigenvalue weighted by molar-refractivity contribution is 6.09. The largest absolute Gasteiger partial charge is 0.336 e. The molecule has 156 valence electrons. The van der Waals surface area contributed by atoms with Gasteiger partial charge >= 0.3 is 0 Å². The summed E-state index contributed by atoms with van der Waals surface area (Å²) in [7, 11) is 0. The minimum absolute atomic E-state index is 0.0554. The van der Waals surface area contributed by atoms with E-state index in [0.717, 1.165) is 37.9 Å². The van der Waals surface area contributed by atoms with Crippen LogP contribution in [-0.2, 0) is 0 Å². The Morgan fingerprint density at radius 2 is 1.90 bits per heavy atom. The fourth-order valence-electron chi connectivity index (χ4n) is 4.22. The molecule has 5 nitrogen and oxygen atoms in total. The Hall–Kier alpha value is -3.09. The molecular weight excluding hydrogens is 388 g/mol. The zero-order valence-electron chi connectivity index (χ0n) is 16.8. The number of ketones is 1. The molecule has 1 aromatic carbocycles. The van der Waals surface area contributed by atoms with Crippen LogP contribution < -0.4 is 0 Å². The first-order valence-electron chi connectivity index (χ1n) is 10.3. The van der Waals surface area contributed by atoms with Gasteiger partial charge in [0.2, 0.25) is 5.78 Å². The molecule has 0 bridgehead atoms. The standard InChI is InChI=1S/C23H23F2N3O2/c1-2-27(17-6-4-3-5-7-17)23(30)15-8-10-18(19(25)12-15)22(29)20-13-26-21-11-9-16(24)14-28(20)21/h8-14,17H,2-7H2,1H3. The number of aromatic nitrogens is 2. The Morgan fingerprint density at radius 1 is 1.13 bits per heavy atom. The van der Waals surface area contributed by atoms with E-state index in [9.17, 15) is 18.4 Å². The molecule has 0 N–H and O–H groups in total. The summed E-state index contributed by atoms with van der Waals surface area (Å²) < 4.78 is 29.7. The molecule has 0 atom stereocenters. The summed E-state index contributed by atoms with van der Waals surface area (Å²) in [5.41, 5.74) is 0.483. The molecule has 1 saturated carbocycles. The molecule has 2 heterocycles. The lowest BCUT2D eigenvalue weighted by Gasteiger charge is -2.33. The number of fused-ring (bicyclic) bond motifs is 1. The molecule has 30 heavy (non-hydrogen) atoms. The highest BCUT2D eigenvalue weighted by Crippen LogP contribution is 2.25. The van der Waals surface area contributed by atoms with Crippen LogP contribution in [0.15, 0.2) is 42.7 Å². The van der Waals surface area contributed by atoms with Gasteiger partial charge in [0.1, 0.15) is 23.0 Å². The summed E-state index contributed by atoms with van der Waals surface area (Å²) in [5, 5.41) is 0. The first kappa shape index (κ1) is 20.2. The second kappa shape index (κ2) is 8.34. The van der Waals surface area contributed by atoms with E-state index in [2.05, 4.69) is 4.98 Å². The van der Waals surface area contributed by atoms with E-state index in [4.69, 9.17) is 0 Å². The first-order chi connectivity index (χ1) is 14.5. The lowest BCUT2D eigenvalue weighted by Crippen LogP contribution is -2.41. The molecule has 0 saturated heterocycles. The predicted molar refractivity (Wildman–Crippen MR) is 109 cm³/mol. The molecule has 2 aromatic heterocycles. The van der Waals surface area contributed by atoms with Crippen LogP contribution in [0, 0.1) is 11.6 Å². The van der Waals surface area contributed by atoms with Gasteiger partial charge in [-0.05, 0) is 50.1 Å². The van der Waals surface area contributed by atoms with E-state index in [-0.39, 0.29) is 28.8 Å². The molecule has 1 amide bonds. The van der Waals surface area contributed by atoms with Crippen LogP contribution in [0.1, 0.15) is 65.4 Å². The lowest BCUT2D eigenvalue weighted by atomic mass is 9.93. The van der Waals surface area contributed by atoms with Crippen molar-refractivity contribution in [2.24, 2.45) is 0 Å². The Kier molecular flexibility index (Phi) is 5.61. The van der Waals surface area contributed by atoms with Crippen LogP contribution in [0.4, 0.5) is 8.78 Å². The van der Waals surface area contributed by atoms with Gasteiger partial charge in [0.25, 0.3) is 5.91 Å². The molecule has 0 unspecified atom stereocenters. The van der Waals surface area contributed by atoms with Crippen LogP contribution in [-0.4, -0.2) is 38.6 Å². The number of benzene rings is 1. The molecule has 3 aromatic rings. The average molecular weight is 411 g/mol. The SMILES string of the molecule is CCN(C(=O)c1ccc(C(=O)c2cnc3ccc(F)cn23)c(F)c1)C1CCCCC1. The van der Waals surface area contributed by atoms with Gasteiger partial charge in [-0.1, -0.05) is 19.3 Å². The smallest absolute Gasteiger partial charge is 0.254 e. The molecule has 4 rings (SSSR count). The summed E-state index contributed by atoms with van der Waals surface area (Å²) in [5.74, 6) is -2.15. The Morgan fingerprint density at radius 3 is 2.60 bits per heavy atom. The minimum atomic E-state index is -0.781. The molecule has 1 aliphatic rings. The van der Waals surface area contributed by atoms with Gasteiger partial charge in [0.15, 0.2) is 0 Å². The summed E-state index contributed by atoms with van der Waals surface area (Å²) in [6.45, 7) is 2.48. The fourth-order valence-corrected chi connectivity index (χ4v) is 4.22. The van der Waals surface area contributed by atoms with Crippen LogP contribution in [0.25, 0.3) is 5.65 Å². The first-order valence-corrected chi connectivity index (χ1v) is 10.3. The predicted octanol–water partition coefficient (Wildman–Crippen LogP) is 4.64. The number of nitrogens with zero attached hydrogens (tertiary/aromatic N) is 3. The lowest BCUT2D eigenvalue weighted by molar-refractivity contribution is 0.0647. The molecule has 1 fully saturated rings. The normalized spacial score (nSPS) is 14.8. The maximum absolute atomic E-state index is 14.8. The summed E-state index contributed by atoms with van der Waals surface area (Å²) in [6, 6.07) is 6.77. The average Bonchev–Trinajstić information content (AvgIpc) is 3.17. The summed E-state index contributed by atoms with van der Waals surface area (Å²) in [6.07, 6.45) is 7.71. The summed E-state index contributed by atoms with van der Waals surface area (Å²) in [4.78, 5) is 31.7. The van der Waals surface area contributed by atoms with Gasteiger partial charge < -0.3 is 4.90 Å². The van der Waals surface area contributed by atoms with Crippen molar-refractivity contribution >= 4 is 17.3 Å². The number of carbonyl (C=O) groups excluding carboxylic acids is 2. The van der Waals surface area contributed by atoms with Crippen molar-refractivity contribution in [1.82, 2.24) is 14.3 Å². The van der Waals surface area contributed by atoms with Crippen molar-refractivity contribution in [1.29, 1.82) is 0 Å². The number of halogens is 2. The van der Waals surface area contributed by atoms with Crippen molar-refractivity contribution in [2.75, 3.05) is 6.54 Å². The van der Waals surface area contributed by atoms with Crippen molar-refractivity contribution in [3.63, 3.8) is 0 Å². The third kappa shape index (κ3) is 3.72. The third-order valence-corrected chi connectivity index (χ3v) is 5.78. The van der Waals surface area contributed by atoms with E-state index in [1.165, 1.54) is 41.3 Å². The molecule has 7 heteroatoms. The van der Waals surface area contributed by atoms with E-state index in [0.29, 0.717) is 12.2 Å². The van der Waals surface area contributed by atoms with E-state index in [1.54, 1.807) is 4.90 Å². The van der Waals surface area contributed by atoms with Crippen LogP contribution in [0.2, 0.25) is 0 Å². The maximum atomic E-state index is 14.8. The second-order valence-corrected chi connectivity index (χ2v) is 7.63. The third-order valence-electron chi connectivity index (χ3n) is 5.78. The number of hydrogen-bond acceptors (Lipinski definition) is 3. The molecule has 1 aliphatic carbocycles. The van der Waals surface area contributed by atoms with Gasteiger partial charge in [-0.25, -0.2) is 13.8 Å². The van der Waals surface area contributed by atoms with Gasteiger partial charge in [-0.3, -0.25) is 14.0 Å². The molecular formula is C23H23F2N3O2.